The molecule has 0 saturated carbocycles. The fourth-order valence-corrected chi connectivity index (χ4v) is 5.00. The highest BCUT2D eigenvalue weighted by Gasteiger charge is 2.38. The van der Waals surface area contributed by atoms with Gasteiger partial charge in [0, 0.05) is 19.1 Å². The molecule has 238 valence electrons. The predicted octanol–water partition coefficient (Wildman–Crippen LogP) is 4.20. The van der Waals surface area contributed by atoms with Crippen molar-refractivity contribution in [2.75, 3.05) is 32.7 Å². The number of carbonyl (C=O) groups excluding carboxylic acids is 1. The van der Waals surface area contributed by atoms with E-state index in [0.29, 0.717) is 42.3 Å². The summed E-state index contributed by atoms with van der Waals surface area (Å²) in [5, 5.41) is 11.1. The average Bonchev–Trinajstić information content (AvgIpc) is 3.44. The molecular formula is C31H33F3N6O5. The van der Waals surface area contributed by atoms with Gasteiger partial charge in [0.25, 0.3) is 11.5 Å². The molecule has 3 heterocycles. The van der Waals surface area contributed by atoms with Crippen molar-refractivity contribution in [3.05, 3.63) is 99.2 Å². The highest BCUT2D eigenvalue weighted by atomic mass is 19.4. The molecular weight excluding hydrogens is 593 g/mol. The van der Waals surface area contributed by atoms with E-state index in [-0.39, 0.29) is 25.7 Å². The molecule has 0 aliphatic carbocycles. The zero-order valence-corrected chi connectivity index (χ0v) is 25.0. The second-order valence-electron chi connectivity index (χ2n) is 10.6. The summed E-state index contributed by atoms with van der Waals surface area (Å²) in [5.41, 5.74) is -0.502. The van der Waals surface area contributed by atoms with Gasteiger partial charge in [0.1, 0.15) is 22.8 Å². The molecule has 4 aromatic rings. The zero-order chi connectivity index (χ0) is 32.1. The third kappa shape index (κ3) is 7.45. The van der Waals surface area contributed by atoms with Crippen molar-refractivity contribution >= 4 is 11.6 Å². The van der Waals surface area contributed by atoms with Gasteiger partial charge < -0.3 is 24.4 Å². The van der Waals surface area contributed by atoms with Gasteiger partial charge in [-0.2, -0.15) is 23.4 Å². The zero-order valence-electron chi connectivity index (χ0n) is 25.0. The first kappa shape index (κ1) is 31.6. The molecule has 0 bridgehead atoms. The predicted molar refractivity (Wildman–Crippen MR) is 158 cm³/mol. The SMILES string of the molecule is COc1ccc(CN2CCn3nc(COCC(C)Nc4cnn(Cc5ccc(OC)cc5)c(=O)c4C(F)(F)F)cc3C2=O)cc1. The molecule has 1 aliphatic rings. The molecule has 1 unspecified atom stereocenters. The summed E-state index contributed by atoms with van der Waals surface area (Å²) in [6.45, 7) is 3.01. The maximum Gasteiger partial charge on any atom is 0.423 e. The molecule has 45 heavy (non-hydrogen) atoms. The van der Waals surface area contributed by atoms with Crippen molar-refractivity contribution in [3.8, 4) is 11.5 Å². The number of rotatable bonds is 12. The van der Waals surface area contributed by atoms with E-state index in [1.165, 1.54) is 7.11 Å². The Balaban J connectivity index is 1.18. The molecule has 0 spiro atoms. The Bertz CT molecular complexity index is 1690. The van der Waals surface area contributed by atoms with Gasteiger partial charge in [0.15, 0.2) is 0 Å². The van der Waals surface area contributed by atoms with Crippen LogP contribution in [-0.4, -0.2) is 63.8 Å². The molecule has 11 nitrogen and oxygen atoms in total. The van der Waals surface area contributed by atoms with Gasteiger partial charge in [0.2, 0.25) is 0 Å². The van der Waals surface area contributed by atoms with Crippen molar-refractivity contribution in [2.24, 2.45) is 0 Å². The highest BCUT2D eigenvalue weighted by Crippen LogP contribution is 2.32. The van der Waals surface area contributed by atoms with Gasteiger partial charge in [-0.05, 0) is 48.4 Å². The summed E-state index contributed by atoms with van der Waals surface area (Å²) >= 11 is 0. The Hall–Kier alpha value is -4.85. The van der Waals surface area contributed by atoms with Crippen LogP contribution in [-0.2, 0) is 37.2 Å². The minimum absolute atomic E-state index is 0.00592. The lowest BCUT2D eigenvalue weighted by Gasteiger charge is -2.27. The highest BCUT2D eigenvalue weighted by molar-refractivity contribution is 5.93. The van der Waals surface area contributed by atoms with Gasteiger partial charge in [-0.1, -0.05) is 24.3 Å². The summed E-state index contributed by atoms with van der Waals surface area (Å²) in [6.07, 6.45) is -3.91. The number of alkyl halides is 3. The minimum Gasteiger partial charge on any atom is -0.497 e. The quantitative estimate of drug-likeness (QED) is 0.249. The Morgan fingerprint density at radius 3 is 2.16 bits per heavy atom. The largest absolute Gasteiger partial charge is 0.497 e. The molecule has 14 heteroatoms. The molecule has 5 rings (SSSR count). The van der Waals surface area contributed by atoms with Crippen LogP contribution >= 0.6 is 0 Å². The third-order valence-corrected chi connectivity index (χ3v) is 7.29. The van der Waals surface area contributed by atoms with Gasteiger partial charge in [-0.3, -0.25) is 14.3 Å². The van der Waals surface area contributed by atoms with Crippen LogP contribution in [0.3, 0.4) is 0 Å². The van der Waals surface area contributed by atoms with Crippen LogP contribution in [0.2, 0.25) is 0 Å². The number of methoxy groups -OCH3 is 2. The maximum absolute atomic E-state index is 14.0. The number of ether oxygens (including phenoxy) is 3. The first-order chi connectivity index (χ1) is 21.5. The monoisotopic (exact) mass is 626 g/mol. The van der Waals surface area contributed by atoms with E-state index in [9.17, 15) is 22.8 Å². The molecule has 2 aromatic heterocycles. The topological polar surface area (TPSA) is 113 Å². The smallest absolute Gasteiger partial charge is 0.423 e. The van der Waals surface area contributed by atoms with Gasteiger partial charge in [-0.15, -0.1) is 0 Å². The van der Waals surface area contributed by atoms with Crippen LogP contribution in [0.5, 0.6) is 11.5 Å². The second-order valence-corrected chi connectivity index (χ2v) is 10.6. The number of halogens is 3. The van der Waals surface area contributed by atoms with Crippen LogP contribution in [0.25, 0.3) is 0 Å². The lowest BCUT2D eigenvalue weighted by molar-refractivity contribution is -0.138. The number of hydrogen-bond donors (Lipinski definition) is 1. The molecule has 1 atom stereocenters. The van der Waals surface area contributed by atoms with Crippen molar-refractivity contribution in [2.45, 2.75) is 45.4 Å². The third-order valence-electron chi connectivity index (χ3n) is 7.29. The fraction of sp³-hybridized carbons (Fsp3) is 0.355. The number of nitrogens with one attached hydrogen (secondary N) is 1. The van der Waals surface area contributed by atoms with Crippen molar-refractivity contribution in [1.29, 1.82) is 0 Å². The summed E-state index contributed by atoms with van der Waals surface area (Å²) in [5.74, 6) is 1.17. The molecule has 1 amide bonds. The standard InChI is InChI=1S/C31H33F3N6O5/c1-20(36-26-15-35-40(30(42)28(26)31(32,33)34)17-22-6-10-25(44-3)11-7-22)18-45-19-23-14-27-29(41)38(12-13-39(27)37-23)16-21-4-8-24(43-2)9-5-21/h4-11,14-15,20,36H,12-13,16-19H2,1-3H3. The van der Waals surface area contributed by atoms with Crippen molar-refractivity contribution < 1.29 is 32.2 Å². The number of benzene rings is 2. The number of hydrogen-bond acceptors (Lipinski definition) is 8. The lowest BCUT2D eigenvalue weighted by atomic mass is 10.2. The summed E-state index contributed by atoms with van der Waals surface area (Å²) in [6, 6.07) is 15.2. The number of fused-ring (bicyclic) bond motifs is 1. The Labute approximate surface area is 257 Å². The Morgan fingerprint density at radius 2 is 1.56 bits per heavy atom. The van der Waals surface area contributed by atoms with Gasteiger partial charge >= 0.3 is 6.18 Å². The number of amides is 1. The van der Waals surface area contributed by atoms with E-state index < -0.39 is 29.0 Å². The van der Waals surface area contributed by atoms with E-state index in [0.717, 1.165) is 22.2 Å². The Kier molecular flexibility index (Phi) is 9.42. The van der Waals surface area contributed by atoms with Crippen molar-refractivity contribution in [3.63, 3.8) is 0 Å². The van der Waals surface area contributed by atoms with Crippen LogP contribution in [0.15, 0.2) is 65.6 Å². The molecule has 0 fully saturated rings. The van der Waals surface area contributed by atoms with Crippen LogP contribution in [0.1, 0.15) is 39.8 Å². The summed E-state index contributed by atoms with van der Waals surface area (Å²) in [7, 11) is 3.09. The normalized spacial score (nSPS) is 13.8. The van der Waals surface area contributed by atoms with Crippen LogP contribution in [0.4, 0.5) is 18.9 Å². The van der Waals surface area contributed by atoms with E-state index in [2.05, 4.69) is 15.5 Å². The van der Waals surface area contributed by atoms with E-state index >= 15 is 0 Å². The first-order valence-electron chi connectivity index (χ1n) is 14.2. The lowest BCUT2D eigenvalue weighted by Crippen LogP contribution is -2.39. The van der Waals surface area contributed by atoms with E-state index in [1.807, 2.05) is 24.3 Å². The van der Waals surface area contributed by atoms with Gasteiger partial charge in [0.05, 0.1) is 58.1 Å². The molecule has 1 N–H and O–H groups in total. The van der Waals surface area contributed by atoms with Gasteiger partial charge in [-0.25, -0.2) is 4.68 Å². The number of anilines is 1. The average molecular weight is 627 g/mol. The fourth-order valence-electron chi connectivity index (χ4n) is 5.00. The first-order valence-corrected chi connectivity index (χ1v) is 14.2. The molecule has 1 aliphatic heterocycles. The van der Waals surface area contributed by atoms with Crippen molar-refractivity contribution in [1.82, 2.24) is 24.5 Å². The molecule has 0 radical (unpaired) electrons. The maximum atomic E-state index is 14.0. The Morgan fingerprint density at radius 1 is 0.933 bits per heavy atom. The van der Waals surface area contributed by atoms with Crippen LogP contribution < -0.4 is 20.3 Å². The number of carbonyl (C=O) groups is 1. The molecule has 0 saturated heterocycles. The minimum atomic E-state index is -4.91. The van der Waals surface area contributed by atoms with E-state index in [1.54, 1.807) is 53.9 Å². The van der Waals surface area contributed by atoms with Crippen LogP contribution in [0, 0.1) is 0 Å². The summed E-state index contributed by atoms with van der Waals surface area (Å²) in [4.78, 5) is 27.7. The molecule has 2 aromatic carbocycles. The number of nitrogens with zero attached hydrogens (tertiary/aromatic N) is 5. The number of aromatic nitrogens is 4. The summed E-state index contributed by atoms with van der Waals surface area (Å²) < 4.78 is 60.4. The van der Waals surface area contributed by atoms with E-state index in [4.69, 9.17) is 14.2 Å². The second kappa shape index (κ2) is 13.4.